The van der Waals surface area contributed by atoms with Crippen LogP contribution in [0.3, 0.4) is 0 Å². The number of nitrogens with zero attached hydrogens (tertiary/aromatic N) is 1. The van der Waals surface area contributed by atoms with Crippen LogP contribution >= 0.6 is 0 Å². The molecule has 1 N–H and O–H groups in total. The summed E-state index contributed by atoms with van der Waals surface area (Å²) in [5.41, 5.74) is -0.119. The molecule has 1 saturated carbocycles. The van der Waals surface area contributed by atoms with E-state index in [9.17, 15) is 4.79 Å². The number of carboxylic acid groups (broad SMARTS) is 1. The first-order valence-electron chi connectivity index (χ1n) is 5.00. The van der Waals surface area contributed by atoms with Crippen LogP contribution in [0.25, 0.3) is 0 Å². The summed E-state index contributed by atoms with van der Waals surface area (Å²) in [6.07, 6.45) is 1.01. The van der Waals surface area contributed by atoms with E-state index < -0.39 is 5.97 Å². The molecule has 0 aromatic carbocycles. The Bertz CT molecular complexity index is 385. The molecule has 0 aliphatic heterocycles. The van der Waals surface area contributed by atoms with E-state index in [0.29, 0.717) is 18.4 Å². The molecule has 2 atom stereocenters. The maximum absolute atomic E-state index is 10.8. The van der Waals surface area contributed by atoms with E-state index >= 15 is 0 Å². The normalized spacial score (nSPS) is 23.9. The van der Waals surface area contributed by atoms with Crippen LogP contribution in [0.2, 0.25) is 0 Å². The lowest BCUT2D eigenvalue weighted by atomic mass is 10.3. The van der Waals surface area contributed by atoms with Crippen molar-refractivity contribution in [3.63, 3.8) is 0 Å². The molecule has 0 spiro atoms. The summed E-state index contributed by atoms with van der Waals surface area (Å²) in [6, 6.07) is 0. The van der Waals surface area contributed by atoms with E-state index in [1.807, 2.05) is 0 Å². The lowest BCUT2D eigenvalue weighted by molar-refractivity contribution is 0.0683. The molecule has 82 valence electrons. The first kappa shape index (κ1) is 10.0. The minimum absolute atomic E-state index is 0.0269. The molecule has 0 amide bonds. The van der Waals surface area contributed by atoms with Crippen LogP contribution in [-0.2, 0) is 0 Å². The molecule has 1 aromatic rings. The molecule has 1 aromatic heterocycles. The molecule has 5 nitrogen and oxygen atoms in total. The monoisotopic (exact) mass is 211 g/mol. The van der Waals surface area contributed by atoms with Crippen molar-refractivity contribution in [2.45, 2.75) is 26.2 Å². The molecule has 1 heterocycles. The number of rotatable bonds is 4. The van der Waals surface area contributed by atoms with E-state index in [1.54, 1.807) is 6.92 Å². The van der Waals surface area contributed by atoms with Crippen molar-refractivity contribution < 1.29 is 19.1 Å². The fraction of sp³-hybridized carbons (Fsp3) is 0.600. The largest absolute Gasteiger partial charge is 0.476 e. The third-order valence-corrected chi connectivity index (χ3v) is 2.52. The van der Waals surface area contributed by atoms with E-state index in [1.165, 1.54) is 0 Å². The molecule has 0 bridgehead atoms. The van der Waals surface area contributed by atoms with Gasteiger partial charge in [-0.2, -0.15) is 0 Å². The van der Waals surface area contributed by atoms with Crippen LogP contribution in [-0.4, -0.2) is 22.7 Å². The number of hydrogen-bond acceptors (Lipinski definition) is 4. The van der Waals surface area contributed by atoms with Crippen LogP contribution in [0.1, 0.15) is 42.6 Å². The van der Waals surface area contributed by atoms with E-state index in [-0.39, 0.29) is 17.6 Å². The zero-order valence-electron chi connectivity index (χ0n) is 8.69. The molecular weight excluding hydrogens is 198 g/mol. The standard InChI is InChI=1S/C10H13NO4/c1-3-14-10-7(9(12)13)11-8(15-10)6-4-5(6)2/h5-6H,3-4H2,1-2H3,(H,12,13). The van der Waals surface area contributed by atoms with Crippen LogP contribution < -0.4 is 4.74 Å². The Hall–Kier alpha value is -1.52. The molecule has 15 heavy (non-hydrogen) atoms. The first-order chi connectivity index (χ1) is 7.13. The smallest absolute Gasteiger partial charge is 0.362 e. The van der Waals surface area contributed by atoms with Crippen molar-refractivity contribution in [3.8, 4) is 5.95 Å². The third-order valence-electron chi connectivity index (χ3n) is 2.52. The van der Waals surface area contributed by atoms with Gasteiger partial charge in [0, 0.05) is 5.92 Å². The summed E-state index contributed by atoms with van der Waals surface area (Å²) in [4.78, 5) is 14.8. The highest BCUT2D eigenvalue weighted by atomic mass is 16.6. The van der Waals surface area contributed by atoms with Crippen LogP contribution in [0.4, 0.5) is 0 Å². The van der Waals surface area contributed by atoms with Gasteiger partial charge >= 0.3 is 11.9 Å². The molecule has 1 aliphatic rings. The lowest BCUT2D eigenvalue weighted by Crippen LogP contribution is -2.01. The van der Waals surface area contributed by atoms with Gasteiger partial charge in [-0.3, -0.25) is 0 Å². The summed E-state index contributed by atoms with van der Waals surface area (Å²) in [7, 11) is 0. The van der Waals surface area contributed by atoms with Gasteiger partial charge in [0.2, 0.25) is 11.6 Å². The van der Waals surface area contributed by atoms with Gasteiger partial charge < -0.3 is 14.3 Å². The maximum atomic E-state index is 10.8. The van der Waals surface area contributed by atoms with Gasteiger partial charge in [-0.1, -0.05) is 6.92 Å². The number of ether oxygens (including phenoxy) is 1. The van der Waals surface area contributed by atoms with Crippen LogP contribution in [0, 0.1) is 5.92 Å². The Labute approximate surface area is 87.1 Å². The van der Waals surface area contributed by atoms with Gasteiger partial charge in [0.25, 0.3) is 0 Å². The SMILES string of the molecule is CCOc1oc(C2CC2C)nc1C(=O)O. The number of oxazole rings is 1. The topological polar surface area (TPSA) is 72.6 Å². The van der Waals surface area contributed by atoms with Crippen molar-refractivity contribution in [1.29, 1.82) is 0 Å². The summed E-state index contributed by atoms with van der Waals surface area (Å²) < 4.78 is 10.4. The molecule has 1 fully saturated rings. The number of aromatic carboxylic acids is 1. The minimum atomic E-state index is -1.11. The third kappa shape index (κ3) is 1.82. The van der Waals surface area contributed by atoms with E-state index in [2.05, 4.69) is 11.9 Å². The molecule has 2 unspecified atom stereocenters. The average Bonchev–Trinajstić information content (AvgIpc) is 2.76. The zero-order chi connectivity index (χ0) is 11.0. The quantitative estimate of drug-likeness (QED) is 0.823. The van der Waals surface area contributed by atoms with Gasteiger partial charge in [0.05, 0.1) is 6.61 Å². The van der Waals surface area contributed by atoms with Crippen LogP contribution in [0.15, 0.2) is 4.42 Å². The molecular formula is C10H13NO4. The summed E-state index contributed by atoms with van der Waals surface area (Å²) in [6.45, 7) is 4.22. The summed E-state index contributed by atoms with van der Waals surface area (Å²) >= 11 is 0. The van der Waals surface area contributed by atoms with Gasteiger partial charge in [0.1, 0.15) is 0 Å². The summed E-state index contributed by atoms with van der Waals surface area (Å²) in [5, 5.41) is 8.87. The summed E-state index contributed by atoms with van der Waals surface area (Å²) in [5.74, 6) is 0.196. The van der Waals surface area contributed by atoms with E-state index in [4.69, 9.17) is 14.3 Å². The van der Waals surface area contributed by atoms with Crippen molar-refractivity contribution in [2.24, 2.45) is 5.92 Å². The zero-order valence-corrected chi connectivity index (χ0v) is 8.69. The number of hydrogen-bond donors (Lipinski definition) is 1. The lowest BCUT2D eigenvalue weighted by Gasteiger charge is -1.96. The van der Waals surface area contributed by atoms with Crippen molar-refractivity contribution >= 4 is 5.97 Å². The number of carboxylic acids is 1. The van der Waals surface area contributed by atoms with E-state index in [0.717, 1.165) is 6.42 Å². The van der Waals surface area contributed by atoms with Gasteiger partial charge in [-0.15, -0.1) is 0 Å². The Balaban J connectivity index is 2.27. The number of aromatic nitrogens is 1. The molecule has 2 rings (SSSR count). The average molecular weight is 211 g/mol. The van der Waals surface area contributed by atoms with Crippen molar-refractivity contribution in [1.82, 2.24) is 4.98 Å². The first-order valence-corrected chi connectivity index (χ1v) is 5.00. The molecule has 5 heteroatoms. The van der Waals surface area contributed by atoms with Gasteiger partial charge in [-0.05, 0) is 19.3 Å². The molecule has 0 radical (unpaired) electrons. The Kier molecular flexibility index (Phi) is 2.38. The fourth-order valence-electron chi connectivity index (χ4n) is 1.51. The highest BCUT2D eigenvalue weighted by Gasteiger charge is 2.40. The second kappa shape index (κ2) is 3.56. The highest BCUT2D eigenvalue weighted by Crippen LogP contribution is 2.47. The maximum Gasteiger partial charge on any atom is 0.362 e. The van der Waals surface area contributed by atoms with Gasteiger partial charge in [-0.25, -0.2) is 9.78 Å². The second-order valence-electron chi connectivity index (χ2n) is 3.75. The Morgan fingerprint density at radius 2 is 2.40 bits per heavy atom. The van der Waals surface area contributed by atoms with Crippen molar-refractivity contribution in [2.75, 3.05) is 6.61 Å². The van der Waals surface area contributed by atoms with Crippen molar-refractivity contribution in [3.05, 3.63) is 11.6 Å². The predicted molar refractivity (Wildman–Crippen MR) is 51.2 cm³/mol. The molecule has 1 aliphatic carbocycles. The van der Waals surface area contributed by atoms with Gasteiger partial charge in [0.15, 0.2) is 0 Å². The predicted octanol–water partition coefficient (Wildman–Crippen LogP) is 1.89. The second-order valence-corrected chi connectivity index (χ2v) is 3.75. The molecule has 0 saturated heterocycles. The Morgan fingerprint density at radius 1 is 1.73 bits per heavy atom. The Morgan fingerprint density at radius 3 is 2.87 bits per heavy atom. The minimum Gasteiger partial charge on any atom is -0.476 e. The highest BCUT2D eigenvalue weighted by molar-refractivity contribution is 5.87. The number of carbonyl (C=O) groups is 1. The fourth-order valence-corrected chi connectivity index (χ4v) is 1.51. The van der Waals surface area contributed by atoms with Crippen LogP contribution in [0.5, 0.6) is 5.95 Å².